The first-order chi connectivity index (χ1) is 12.3. The molecule has 0 aliphatic heterocycles. The number of carbonyl (C=O) groups excluding carboxylic acids is 1. The standard InChI is InChI=1S/C14H12F3N5O2S2/c1-7-12(26-11(5-23)19-7)9-6-25-13(20-9)21-10(24)4-22-3-8(2-18-22)14(15,16)17/h2-3,6,23H,4-5H2,1H3,(H,20,21,24). The average Bonchev–Trinajstić information content (AvgIpc) is 3.26. The van der Waals surface area contributed by atoms with Gasteiger partial charge in [-0.05, 0) is 6.92 Å². The van der Waals surface area contributed by atoms with E-state index in [9.17, 15) is 18.0 Å². The lowest BCUT2D eigenvalue weighted by Crippen LogP contribution is -2.19. The Hall–Kier alpha value is -2.31. The van der Waals surface area contributed by atoms with E-state index in [1.807, 2.05) is 0 Å². The summed E-state index contributed by atoms with van der Waals surface area (Å²) < 4.78 is 38.5. The van der Waals surface area contributed by atoms with Crippen molar-refractivity contribution < 1.29 is 23.1 Å². The molecule has 0 bridgehead atoms. The third kappa shape index (κ3) is 4.08. The van der Waals surface area contributed by atoms with E-state index in [2.05, 4.69) is 20.4 Å². The maximum absolute atomic E-state index is 12.5. The molecular weight excluding hydrogens is 391 g/mol. The second-order valence-electron chi connectivity index (χ2n) is 5.19. The van der Waals surface area contributed by atoms with E-state index in [-0.39, 0.29) is 13.2 Å². The number of aryl methyl sites for hydroxylation is 1. The Morgan fingerprint density at radius 1 is 1.38 bits per heavy atom. The predicted octanol–water partition coefficient (Wildman–Crippen LogP) is 2.92. The molecule has 12 heteroatoms. The van der Waals surface area contributed by atoms with Gasteiger partial charge in [0.2, 0.25) is 5.91 Å². The van der Waals surface area contributed by atoms with Gasteiger partial charge < -0.3 is 10.4 Å². The Balaban J connectivity index is 1.66. The molecule has 0 aliphatic carbocycles. The van der Waals surface area contributed by atoms with E-state index < -0.39 is 17.6 Å². The number of rotatable bonds is 5. The number of anilines is 1. The van der Waals surface area contributed by atoms with Crippen molar-refractivity contribution in [2.24, 2.45) is 0 Å². The van der Waals surface area contributed by atoms with Gasteiger partial charge in [0.25, 0.3) is 0 Å². The number of aliphatic hydroxyl groups excluding tert-OH is 1. The summed E-state index contributed by atoms with van der Waals surface area (Å²) in [4.78, 5) is 21.2. The van der Waals surface area contributed by atoms with Crippen LogP contribution in [-0.2, 0) is 24.1 Å². The Morgan fingerprint density at radius 2 is 2.15 bits per heavy atom. The molecule has 0 aliphatic rings. The molecule has 7 nitrogen and oxygen atoms in total. The average molecular weight is 403 g/mol. The minimum absolute atomic E-state index is 0.164. The van der Waals surface area contributed by atoms with E-state index in [4.69, 9.17) is 5.11 Å². The summed E-state index contributed by atoms with van der Waals surface area (Å²) >= 11 is 2.48. The van der Waals surface area contributed by atoms with E-state index in [0.29, 0.717) is 22.0 Å². The SMILES string of the molecule is Cc1nc(CO)sc1-c1csc(NC(=O)Cn2cc(C(F)(F)F)cn2)n1. The maximum Gasteiger partial charge on any atom is 0.419 e. The van der Waals surface area contributed by atoms with Crippen LogP contribution < -0.4 is 5.32 Å². The molecule has 0 spiro atoms. The lowest BCUT2D eigenvalue weighted by atomic mass is 10.3. The van der Waals surface area contributed by atoms with Crippen molar-refractivity contribution in [1.82, 2.24) is 19.7 Å². The highest BCUT2D eigenvalue weighted by Crippen LogP contribution is 2.32. The monoisotopic (exact) mass is 403 g/mol. The van der Waals surface area contributed by atoms with Crippen LogP contribution in [0.3, 0.4) is 0 Å². The summed E-state index contributed by atoms with van der Waals surface area (Å²) in [5.74, 6) is -0.542. The Morgan fingerprint density at radius 3 is 2.77 bits per heavy atom. The van der Waals surface area contributed by atoms with Gasteiger partial charge in [0, 0.05) is 11.6 Å². The molecular formula is C14H12F3N5O2S2. The summed E-state index contributed by atoms with van der Waals surface area (Å²) in [6.07, 6.45) is -3.07. The normalized spacial score (nSPS) is 11.7. The van der Waals surface area contributed by atoms with E-state index in [0.717, 1.165) is 21.4 Å². The van der Waals surface area contributed by atoms with Crippen LogP contribution in [0.2, 0.25) is 0 Å². The molecule has 26 heavy (non-hydrogen) atoms. The number of alkyl halides is 3. The van der Waals surface area contributed by atoms with Gasteiger partial charge >= 0.3 is 6.18 Å². The topological polar surface area (TPSA) is 92.9 Å². The fraction of sp³-hybridized carbons (Fsp3) is 0.286. The van der Waals surface area contributed by atoms with Gasteiger partial charge in [-0.25, -0.2) is 9.97 Å². The number of thiazole rings is 2. The molecule has 2 N–H and O–H groups in total. The predicted molar refractivity (Wildman–Crippen MR) is 89.7 cm³/mol. The number of halogens is 3. The molecule has 3 rings (SSSR count). The van der Waals surface area contributed by atoms with Crippen molar-refractivity contribution in [2.45, 2.75) is 26.3 Å². The number of carbonyl (C=O) groups is 1. The second-order valence-corrected chi connectivity index (χ2v) is 7.13. The van der Waals surface area contributed by atoms with Crippen molar-refractivity contribution in [2.75, 3.05) is 5.32 Å². The summed E-state index contributed by atoms with van der Waals surface area (Å²) in [7, 11) is 0. The third-order valence-electron chi connectivity index (χ3n) is 3.23. The van der Waals surface area contributed by atoms with E-state index in [1.54, 1.807) is 12.3 Å². The Kier molecular flexibility index (Phi) is 5.07. The lowest BCUT2D eigenvalue weighted by molar-refractivity contribution is -0.137. The fourth-order valence-corrected chi connectivity index (χ4v) is 3.77. The summed E-state index contributed by atoms with van der Waals surface area (Å²) in [6, 6.07) is 0. The molecule has 0 atom stereocenters. The number of amides is 1. The van der Waals surface area contributed by atoms with Crippen LogP contribution in [0.25, 0.3) is 10.6 Å². The largest absolute Gasteiger partial charge is 0.419 e. The fourth-order valence-electron chi connectivity index (χ4n) is 2.10. The summed E-state index contributed by atoms with van der Waals surface area (Å²) in [6.45, 7) is 1.26. The number of hydrogen-bond donors (Lipinski definition) is 2. The van der Waals surface area contributed by atoms with Crippen LogP contribution in [0, 0.1) is 6.92 Å². The quantitative estimate of drug-likeness (QED) is 0.683. The summed E-state index contributed by atoms with van der Waals surface area (Å²) in [5, 5.41) is 17.8. The van der Waals surface area contributed by atoms with Gasteiger partial charge in [0.1, 0.15) is 11.6 Å². The first-order valence-corrected chi connectivity index (χ1v) is 8.88. The van der Waals surface area contributed by atoms with Crippen LogP contribution in [0.1, 0.15) is 16.3 Å². The lowest BCUT2D eigenvalue weighted by Gasteiger charge is -2.03. The number of aliphatic hydroxyl groups is 1. The van der Waals surface area contributed by atoms with Crippen LogP contribution in [-0.4, -0.2) is 30.8 Å². The highest BCUT2D eigenvalue weighted by Gasteiger charge is 2.32. The van der Waals surface area contributed by atoms with Gasteiger partial charge in [-0.2, -0.15) is 18.3 Å². The van der Waals surface area contributed by atoms with Crippen molar-refractivity contribution in [3.05, 3.63) is 34.0 Å². The van der Waals surface area contributed by atoms with Gasteiger partial charge in [-0.15, -0.1) is 22.7 Å². The molecule has 3 heterocycles. The van der Waals surface area contributed by atoms with Crippen LogP contribution >= 0.6 is 22.7 Å². The molecule has 138 valence electrons. The first kappa shape index (κ1) is 18.5. The van der Waals surface area contributed by atoms with Crippen molar-refractivity contribution in [1.29, 1.82) is 0 Å². The Labute approximate surface area is 153 Å². The summed E-state index contributed by atoms with van der Waals surface area (Å²) in [5.41, 5.74) is 0.416. The van der Waals surface area contributed by atoms with Crippen molar-refractivity contribution >= 4 is 33.7 Å². The smallest absolute Gasteiger partial charge is 0.389 e. The minimum atomic E-state index is -4.50. The number of aromatic nitrogens is 4. The van der Waals surface area contributed by atoms with Gasteiger partial charge in [0.05, 0.1) is 34.6 Å². The molecule has 0 unspecified atom stereocenters. The van der Waals surface area contributed by atoms with Gasteiger partial charge in [-0.1, -0.05) is 0 Å². The Bertz CT molecular complexity index is 931. The zero-order chi connectivity index (χ0) is 18.9. The molecule has 0 saturated heterocycles. The minimum Gasteiger partial charge on any atom is -0.389 e. The van der Waals surface area contributed by atoms with Crippen LogP contribution in [0.15, 0.2) is 17.8 Å². The molecule has 0 radical (unpaired) electrons. The van der Waals surface area contributed by atoms with Crippen molar-refractivity contribution in [3.63, 3.8) is 0 Å². The van der Waals surface area contributed by atoms with Crippen LogP contribution in [0.4, 0.5) is 18.3 Å². The molecule has 0 fully saturated rings. The van der Waals surface area contributed by atoms with Crippen LogP contribution in [0.5, 0.6) is 0 Å². The third-order valence-corrected chi connectivity index (χ3v) is 5.15. The van der Waals surface area contributed by atoms with E-state index in [1.165, 1.54) is 22.7 Å². The second kappa shape index (κ2) is 7.13. The highest BCUT2D eigenvalue weighted by molar-refractivity contribution is 7.17. The number of nitrogens with zero attached hydrogens (tertiary/aromatic N) is 4. The molecule has 0 aromatic carbocycles. The molecule has 3 aromatic heterocycles. The van der Waals surface area contributed by atoms with Crippen molar-refractivity contribution in [3.8, 4) is 10.6 Å². The highest BCUT2D eigenvalue weighted by atomic mass is 32.1. The van der Waals surface area contributed by atoms with Gasteiger partial charge in [0.15, 0.2) is 5.13 Å². The zero-order valence-electron chi connectivity index (χ0n) is 13.2. The number of hydrogen-bond acceptors (Lipinski definition) is 7. The number of nitrogens with one attached hydrogen (secondary N) is 1. The van der Waals surface area contributed by atoms with Gasteiger partial charge in [-0.3, -0.25) is 9.48 Å². The van der Waals surface area contributed by atoms with E-state index >= 15 is 0 Å². The molecule has 0 saturated carbocycles. The molecule has 3 aromatic rings. The first-order valence-electron chi connectivity index (χ1n) is 7.19. The molecule has 1 amide bonds. The zero-order valence-corrected chi connectivity index (χ0v) is 14.9. The maximum atomic E-state index is 12.5.